The normalized spacial score (nSPS) is 22.9. The number of aliphatic hydroxyl groups excluding tert-OH is 1. The van der Waals surface area contributed by atoms with E-state index in [0.29, 0.717) is 9.24 Å². The predicted octanol–water partition coefficient (Wildman–Crippen LogP) is 1.29. The van der Waals surface area contributed by atoms with Crippen molar-refractivity contribution in [2.45, 2.75) is 35.2 Å². The summed E-state index contributed by atoms with van der Waals surface area (Å²) in [5, 5.41) is 28.8. The third-order valence-corrected chi connectivity index (χ3v) is 8.78. The molecule has 3 heterocycles. The molecule has 2 aliphatic heterocycles. The molecule has 180 valence electrons. The highest BCUT2D eigenvalue weighted by atomic mass is 32.2. The monoisotopic (exact) mass is 524 g/mol. The van der Waals surface area contributed by atoms with Gasteiger partial charge in [-0.25, -0.2) is 23.3 Å². The molecular weight excluding hydrogens is 504 g/mol. The van der Waals surface area contributed by atoms with Crippen molar-refractivity contribution in [2.75, 3.05) is 5.32 Å². The van der Waals surface area contributed by atoms with Gasteiger partial charge in [0.05, 0.1) is 23.0 Å². The molecule has 5 N–H and O–H groups in total. The molecule has 0 unspecified atom stereocenters. The minimum atomic E-state index is -3.93. The molecule has 0 aliphatic carbocycles. The summed E-state index contributed by atoms with van der Waals surface area (Å²) in [6, 6.07) is 5.01. The molecule has 4 atom stereocenters. The Bertz CT molecular complexity index is 1340. The van der Waals surface area contributed by atoms with Crippen molar-refractivity contribution in [3.63, 3.8) is 0 Å². The number of aliphatic carboxylic acids is 1. The minimum Gasteiger partial charge on any atom is -0.477 e. The molecule has 2 aromatic rings. The van der Waals surface area contributed by atoms with E-state index in [1.807, 2.05) is 0 Å². The Hall–Kier alpha value is -2.78. The maximum atomic E-state index is 12.6. The number of carbonyl (C=O) groups excluding carboxylic acids is 2. The van der Waals surface area contributed by atoms with Crippen LogP contribution in [-0.2, 0) is 19.6 Å². The van der Waals surface area contributed by atoms with Gasteiger partial charge in [0, 0.05) is 21.9 Å². The van der Waals surface area contributed by atoms with Gasteiger partial charge < -0.3 is 20.4 Å². The quantitative estimate of drug-likeness (QED) is 0.388. The van der Waals surface area contributed by atoms with Gasteiger partial charge in [0.25, 0.3) is 5.91 Å². The molecule has 1 saturated heterocycles. The zero-order chi connectivity index (χ0) is 24.9. The van der Waals surface area contributed by atoms with Gasteiger partial charge in [-0.05, 0) is 25.1 Å². The first kappa shape index (κ1) is 24.3. The van der Waals surface area contributed by atoms with Crippen molar-refractivity contribution in [1.29, 1.82) is 0 Å². The number of primary sulfonamides is 1. The summed E-state index contributed by atoms with van der Waals surface area (Å²) >= 11 is 2.19. The Kier molecular flexibility index (Phi) is 6.29. The molecule has 0 radical (unpaired) electrons. The second-order valence-corrected chi connectivity index (χ2v) is 11.6. The van der Waals surface area contributed by atoms with E-state index in [-0.39, 0.29) is 27.9 Å². The largest absolute Gasteiger partial charge is 0.477 e. The standard InChI is InChI=1S/C20H20N4O7S3/c1-8-14-13(9(2)25)18(27)24(14)15(19(28)29)16(8)33-20-23-12(7-32-20)17(26)22-10-4-3-5-11(6-10)34(21,30)31/h3-9,13-14,25H,1-2H3,(H,22,26)(H,28,29)(H2,21,30,31)/t8-,9-,13-,14-/m1/s1. The number of nitrogens with two attached hydrogens (primary N) is 1. The number of thiazole rings is 1. The Labute approximate surface area is 202 Å². The van der Waals surface area contributed by atoms with Gasteiger partial charge in [-0.2, -0.15) is 0 Å². The molecule has 0 spiro atoms. The van der Waals surface area contributed by atoms with Crippen LogP contribution in [0.5, 0.6) is 0 Å². The number of aromatic nitrogens is 1. The van der Waals surface area contributed by atoms with Crippen LogP contribution < -0.4 is 10.5 Å². The molecule has 1 aromatic heterocycles. The molecule has 2 aliphatic rings. The van der Waals surface area contributed by atoms with E-state index in [2.05, 4.69) is 10.3 Å². The van der Waals surface area contributed by atoms with E-state index in [0.717, 1.165) is 23.1 Å². The van der Waals surface area contributed by atoms with E-state index in [1.54, 1.807) is 6.92 Å². The number of nitrogens with zero attached hydrogens (tertiary/aromatic N) is 2. The fourth-order valence-electron chi connectivity index (χ4n) is 4.11. The maximum Gasteiger partial charge on any atom is 0.353 e. The lowest BCUT2D eigenvalue weighted by molar-refractivity contribution is -0.163. The fraction of sp³-hybridized carbons (Fsp3) is 0.300. The average molecular weight is 525 g/mol. The number of β-lactam (4-membered cyclic amide) rings is 1. The van der Waals surface area contributed by atoms with Crippen LogP contribution in [0.1, 0.15) is 24.3 Å². The Balaban J connectivity index is 1.53. The smallest absolute Gasteiger partial charge is 0.353 e. The first-order valence-electron chi connectivity index (χ1n) is 9.96. The SMILES string of the molecule is C[C@@H](O)[C@H]1C(=O)N2C(C(=O)O)=C(Sc3nc(C(=O)Nc4cccc(S(N)(=O)=O)c4)cs3)[C@H](C)[C@H]12. The summed E-state index contributed by atoms with van der Waals surface area (Å²) in [6.07, 6.45) is -0.904. The number of fused-ring (bicyclic) bond motifs is 1. The molecule has 1 aromatic carbocycles. The van der Waals surface area contributed by atoms with Gasteiger partial charge in [-0.3, -0.25) is 9.59 Å². The first-order valence-corrected chi connectivity index (χ1v) is 13.2. The Morgan fingerprint density at radius 2 is 2.06 bits per heavy atom. The van der Waals surface area contributed by atoms with Crippen LogP contribution >= 0.6 is 23.1 Å². The number of benzene rings is 1. The number of amides is 2. The number of carboxylic acids is 1. The lowest BCUT2D eigenvalue weighted by atomic mass is 9.79. The lowest BCUT2D eigenvalue weighted by Gasteiger charge is -2.46. The number of nitrogens with one attached hydrogen (secondary N) is 1. The van der Waals surface area contributed by atoms with Gasteiger partial charge in [0.15, 0.2) is 4.34 Å². The molecule has 34 heavy (non-hydrogen) atoms. The highest BCUT2D eigenvalue weighted by Crippen LogP contribution is 2.52. The first-order chi connectivity index (χ1) is 15.9. The van der Waals surface area contributed by atoms with Crippen LogP contribution in [0.25, 0.3) is 0 Å². The summed E-state index contributed by atoms with van der Waals surface area (Å²) in [7, 11) is -3.93. The third-order valence-electron chi connectivity index (χ3n) is 5.64. The van der Waals surface area contributed by atoms with Crippen LogP contribution in [0.3, 0.4) is 0 Å². The van der Waals surface area contributed by atoms with Crippen molar-refractivity contribution in [3.8, 4) is 0 Å². The van der Waals surface area contributed by atoms with Gasteiger partial charge in [0.2, 0.25) is 15.9 Å². The number of hydrogen-bond donors (Lipinski definition) is 4. The van der Waals surface area contributed by atoms with Crippen LogP contribution in [-0.4, -0.2) is 58.4 Å². The van der Waals surface area contributed by atoms with Crippen LogP contribution in [0.2, 0.25) is 0 Å². The zero-order valence-electron chi connectivity index (χ0n) is 17.8. The zero-order valence-corrected chi connectivity index (χ0v) is 20.3. The summed E-state index contributed by atoms with van der Waals surface area (Å²) in [4.78, 5) is 42.7. The molecular formula is C20H20N4O7S3. The predicted molar refractivity (Wildman–Crippen MR) is 123 cm³/mol. The molecule has 1 fully saturated rings. The number of carboxylic acid groups (broad SMARTS) is 1. The Morgan fingerprint density at radius 3 is 2.68 bits per heavy atom. The fourth-order valence-corrected chi connectivity index (χ4v) is 6.73. The highest BCUT2D eigenvalue weighted by molar-refractivity contribution is 8.04. The maximum absolute atomic E-state index is 12.6. The van der Waals surface area contributed by atoms with Crippen molar-refractivity contribution in [3.05, 3.63) is 45.9 Å². The molecule has 0 saturated carbocycles. The summed E-state index contributed by atoms with van der Waals surface area (Å²) in [5.74, 6) is -3.28. The van der Waals surface area contributed by atoms with E-state index < -0.39 is 45.9 Å². The second kappa shape index (κ2) is 8.78. The van der Waals surface area contributed by atoms with Crippen LogP contribution in [0.4, 0.5) is 5.69 Å². The van der Waals surface area contributed by atoms with Crippen molar-refractivity contribution in [1.82, 2.24) is 9.88 Å². The van der Waals surface area contributed by atoms with Gasteiger partial charge >= 0.3 is 5.97 Å². The summed E-state index contributed by atoms with van der Waals surface area (Å²) in [5.41, 5.74) is 0.134. The number of thioether (sulfide) groups is 1. The second-order valence-electron chi connectivity index (χ2n) is 7.90. The lowest BCUT2D eigenvalue weighted by Crippen LogP contribution is -2.63. The molecule has 2 amide bonds. The Morgan fingerprint density at radius 1 is 1.35 bits per heavy atom. The molecule has 11 nitrogen and oxygen atoms in total. The van der Waals surface area contributed by atoms with E-state index in [1.165, 1.54) is 41.5 Å². The van der Waals surface area contributed by atoms with Crippen molar-refractivity contribution >= 4 is 56.6 Å². The van der Waals surface area contributed by atoms with Crippen molar-refractivity contribution in [2.24, 2.45) is 17.0 Å². The number of aliphatic hydroxyl groups is 1. The highest BCUT2D eigenvalue weighted by Gasteiger charge is 2.60. The molecule has 4 rings (SSSR count). The summed E-state index contributed by atoms with van der Waals surface area (Å²) < 4.78 is 23.4. The summed E-state index contributed by atoms with van der Waals surface area (Å²) in [6.45, 7) is 3.29. The van der Waals surface area contributed by atoms with E-state index in [4.69, 9.17) is 5.14 Å². The van der Waals surface area contributed by atoms with Gasteiger partial charge in [-0.1, -0.05) is 24.8 Å². The number of rotatable bonds is 7. The number of sulfonamides is 1. The topological polar surface area (TPSA) is 180 Å². The van der Waals surface area contributed by atoms with E-state index >= 15 is 0 Å². The minimum absolute atomic E-state index is 0.0536. The van der Waals surface area contributed by atoms with E-state index in [9.17, 15) is 33.0 Å². The van der Waals surface area contributed by atoms with Gasteiger partial charge in [-0.15, -0.1) is 11.3 Å². The number of anilines is 1. The average Bonchev–Trinajstić information content (AvgIpc) is 3.30. The third kappa shape index (κ3) is 4.22. The molecule has 14 heteroatoms. The molecule has 0 bridgehead atoms. The van der Waals surface area contributed by atoms with Gasteiger partial charge in [0.1, 0.15) is 11.4 Å². The van der Waals surface area contributed by atoms with Crippen molar-refractivity contribution < 1.29 is 33.0 Å². The van der Waals surface area contributed by atoms with Crippen LogP contribution in [0.15, 0.2) is 49.5 Å². The number of hydrogen-bond acceptors (Lipinski definition) is 9. The number of carbonyl (C=O) groups is 3. The van der Waals surface area contributed by atoms with Crippen LogP contribution in [0, 0.1) is 11.8 Å².